The lowest BCUT2D eigenvalue weighted by Gasteiger charge is -2.17. The lowest BCUT2D eigenvalue weighted by molar-refractivity contribution is -0.305. The molecule has 0 aliphatic carbocycles. The van der Waals surface area contributed by atoms with Gasteiger partial charge in [-0.1, -0.05) is 0 Å². The Labute approximate surface area is 68.3 Å². The molecule has 3 nitrogen and oxygen atoms in total. The fourth-order valence-corrected chi connectivity index (χ4v) is 2.52. The van der Waals surface area contributed by atoms with Crippen molar-refractivity contribution in [3.05, 3.63) is 0 Å². The molecule has 66 valence electrons. The van der Waals surface area contributed by atoms with E-state index in [1.807, 2.05) is 0 Å². The maximum absolute atomic E-state index is 10.1. The van der Waals surface area contributed by atoms with Gasteiger partial charge in [0.1, 0.15) is 0 Å². The fourth-order valence-electron chi connectivity index (χ4n) is 0.982. The molecule has 0 aliphatic heterocycles. The highest BCUT2D eigenvalue weighted by Gasteiger charge is 2.21. The Balaban J connectivity index is 3.69. The van der Waals surface area contributed by atoms with Gasteiger partial charge in [-0.25, -0.2) is 0 Å². The molecule has 0 radical (unpaired) electrons. The molecule has 0 aromatic rings. The Morgan fingerprint density at radius 2 is 2.00 bits per heavy atom. The van der Waals surface area contributed by atoms with Gasteiger partial charge in [-0.2, -0.15) is 0 Å². The Hall–Kier alpha value is -0.140. The van der Waals surface area contributed by atoms with Crippen molar-refractivity contribution in [2.45, 2.75) is 12.5 Å². The van der Waals surface area contributed by atoms with Crippen LogP contribution in [0.3, 0.4) is 0 Å². The van der Waals surface area contributed by atoms with Crippen molar-refractivity contribution < 1.29 is 9.90 Å². The van der Waals surface area contributed by atoms with Crippen LogP contribution in [0.15, 0.2) is 0 Å². The summed E-state index contributed by atoms with van der Waals surface area (Å²) < 4.78 is 0. The zero-order chi connectivity index (χ0) is 9.07. The monoisotopic (exact) mass is 177 g/mol. The highest BCUT2D eigenvalue weighted by atomic mass is 31.2. The molecule has 0 saturated heterocycles. The van der Waals surface area contributed by atoms with E-state index in [1.54, 1.807) is 0 Å². The molecule has 1 atom stereocenters. The summed E-state index contributed by atoms with van der Waals surface area (Å²) in [5, 5.41) is 10.1. The van der Waals surface area contributed by atoms with Gasteiger partial charge in [0.05, 0.1) is 6.16 Å². The van der Waals surface area contributed by atoms with Crippen molar-refractivity contribution in [1.29, 1.82) is 0 Å². The van der Waals surface area contributed by atoms with Gasteiger partial charge in [0.2, 0.25) is 0 Å². The molecule has 4 heteroatoms. The normalized spacial score (nSPS) is 14.5. The van der Waals surface area contributed by atoms with Crippen molar-refractivity contribution >= 4 is 13.2 Å². The van der Waals surface area contributed by atoms with Crippen LogP contribution in [0.1, 0.15) is 6.42 Å². The van der Waals surface area contributed by atoms with Gasteiger partial charge in [-0.05, 0) is 0 Å². The number of carbonyl (C=O) groups is 1. The number of aliphatic carboxylic acids is 1. The maximum atomic E-state index is 10.1. The van der Waals surface area contributed by atoms with Crippen LogP contribution in [-0.2, 0) is 4.79 Å². The molecule has 0 saturated carbocycles. The van der Waals surface area contributed by atoms with Gasteiger partial charge in [-0.3, -0.25) is 0 Å². The second-order valence-corrected chi connectivity index (χ2v) is 8.75. The zero-order valence-electron chi connectivity index (χ0n) is 7.33. The van der Waals surface area contributed by atoms with Crippen LogP contribution in [0.5, 0.6) is 0 Å². The molecule has 0 bridgehead atoms. The summed E-state index contributed by atoms with van der Waals surface area (Å²) in [5.74, 6) is -1.05. The minimum atomic E-state index is -1.05. The molecule has 0 amide bonds. The van der Waals surface area contributed by atoms with E-state index < -0.39 is 13.2 Å². The summed E-state index contributed by atoms with van der Waals surface area (Å²) in [6.07, 6.45) is 0.804. The quantitative estimate of drug-likeness (QED) is 0.581. The predicted molar refractivity (Wildman–Crippen MR) is 47.2 cm³/mol. The van der Waals surface area contributed by atoms with Crippen LogP contribution in [0.4, 0.5) is 0 Å². The first-order valence-electron chi connectivity index (χ1n) is 3.57. The van der Waals surface area contributed by atoms with Crippen LogP contribution in [-0.4, -0.2) is 38.2 Å². The molecular formula is C7H16NO2P. The van der Waals surface area contributed by atoms with Crippen LogP contribution in [0, 0.1) is 0 Å². The number of rotatable bonds is 4. The number of carboxylic acid groups (broad SMARTS) is 1. The molecule has 0 heterocycles. The maximum Gasteiger partial charge on any atom is 0.0741 e. The fraction of sp³-hybridized carbons (Fsp3) is 0.857. The van der Waals surface area contributed by atoms with E-state index in [4.69, 9.17) is 5.73 Å². The Morgan fingerprint density at radius 1 is 1.55 bits per heavy atom. The van der Waals surface area contributed by atoms with Crippen molar-refractivity contribution in [3.8, 4) is 0 Å². The molecule has 11 heavy (non-hydrogen) atoms. The van der Waals surface area contributed by atoms with E-state index in [1.165, 1.54) is 0 Å². The van der Waals surface area contributed by atoms with Crippen molar-refractivity contribution in [2.75, 3.05) is 26.2 Å². The van der Waals surface area contributed by atoms with Crippen molar-refractivity contribution in [3.63, 3.8) is 0 Å². The van der Waals surface area contributed by atoms with Crippen LogP contribution in [0.2, 0.25) is 0 Å². The van der Waals surface area contributed by atoms with Crippen molar-refractivity contribution in [2.24, 2.45) is 5.73 Å². The summed E-state index contributed by atoms with van der Waals surface area (Å²) in [7, 11) is -0.944. The van der Waals surface area contributed by atoms with Crippen LogP contribution in [0.25, 0.3) is 0 Å². The SMILES string of the molecule is C[P+](C)(C)C[C@H](N)CC(=O)[O-]. The highest BCUT2D eigenvalue weighted by Crippen LogP contribution is 2.46. The zero-order valence-corrected chi connectivity index (χ0v) is 8.23. The van der Waals surface area contributed by atoms with Gasteiger partial charge in [-0.15, -0.1) is 0 Å². The third kappa shape index (κ3) is 7.76. The molecule has 2 N–H and O–H groups in total. The lowest BCUT2D eigenvalue weighted by Crippen LogP contribution is -2.34. The number of carboxylic acids is 1. The lowest BCUT2D eigenvalue weighted by atomic mass is 10.2. The number of hydrogen-bond acceptors (Lipinski definition) is 3. The predicted octanol–water partition coefficient (Wildman–Crippen LogP) is -0.639. The van der Waals surface area contributed by atoms with E-state index >= 15 is 0 Å². The summed E-state index contributed by atoms with van der Waals surface area (Å²) in [6.45, 7) is 6.42. The highest BCUT2D eigenvalue weighted by molar-refractivity contribution is 7.73. The van der Waals surface area contributed by atoms with Gasteiger partial charge >= 0.3 is 0 Å². The minimum absolute atomic E-state index is 0.0166. The van der Waals surface area contributed by atoms with Gasteiger partial charge in [0.25, 0.3) is 0 Å². The number of nitrogens with two attached hydrogens (primary N) is 1. The Bertz CT molecular complexity index is 142. The Morgan fingerprint density at radius 3 is 2.27 bits per heavy atom. The molecule has 0 aromatic heterocycles. The number of carbonyl (C=O) groups excluding carboxylic acids is 1. The molecule has 0 aromatic carbocycles. The van der Waals surface area contributed by atoms with Crippen LogP contribution >= 0.6 is 7.26 Å². The number of hydrogen-bond donors (Lipinski definition) is 1. The average molecular weight is 177 g/mol. The first-order chi connectivity index (χ1) is 4.81. The first-order valence-corrected chi connectivity index (χ1v) is 6.89. The topological polar surface area (TPSA) is 66.2 Å². The summed E-state index contributed by atoms with van der Waals surface area (Å²) >= 11 is 0. The average Bonchev–Trinajstić information content (AvgIpc) is 1.53. The van der Waals surface area contributed by atoms with E-state index in [9.17, 15) is 9.90 Å². The molecule has 0 fully saturated rings. The second-order valence-electron chi connectivity index (χ2n) is 3.81. The summed E-state index contributed by atoms with van der Waals surface area (Å²) in [4.78, 5) is 10.1. The van der Waals surface area contributed by atoms with Gasteiger partial charge in [0.15, 0.2) is 0 Å². The smallest absolute Gasteiger partial charge is 0.0741 e. The second kappa shape index (κ2) is 4.03. The van der Waals surface area contributed by atoms with E-state index in [0.717, 1.165) is 6.16 Å². The van der Waals surface area contributed by atoms with Gasteiger partial charge in [0, 0.05) is 45.7 Å². The standard InChI is InChI=1S/C7H16NO2P/c1-11(2,3)5-6(8)4-7(9)10/h6H,4-5,8H2,1-3H3/t6-/m1/s1. The first kappa shape index (κ1) is 10.9. The molecule has 0 aliphatic rings. The van der Waals surface area contributed by atoms with Gasteiger partial charge < -0.3 is 15.6 Å². The summed E-state index contributed by atoms with van der Waals surface area (Å²) in [5.41, 5.74) is 5.57. The third-order valence-electron chi connectivity index (χ3n) is 1.21. The largest absolute Gasteiger partial charge is 0.550 e. The van der Waals surface area contributed by atoms with E-state index in [0.29, 0.717) is 0 Å². The molecule has 0 unspecified atom stereocenters. The van der Waals surface area contributed by atoms with Crippen molar-refractivity contribution in [1.82, 2.24) is 0 Å². The third-order valence-corrected chi connectivity index (χ3v) is 2.78. The Kier molecular flexibility index (Phi) is 3.98. The molecular weight excluding hydrogens is 161 g/mol. The minimum Gasteiger partial charge on any atom is -0.550 e. The van der Waals surface area contributed by atoms with Crippen LogP contribution < -0.4 is 10.8 Å². The van der Waals surface area contributed by atoms with E-state index in [2.05, 4.69) is 20.0 Å². The molecule has 0 spiro atoms. The van der Waals surface area contributed by atoms with E-state index in [-0.39, 0.29) is 12.5 Å². The summed E-state index contributed by atoms with van der Waals surface area (Å²) in [6, 6.07) is -0.228. The molecule has 0 rings (SSSR count).